The molecule has 8 heteroatoms. The van der Waals surface area contributed by atoms with Crippen LogP contribution in [0.15, 0.2) is 59.9 Å². The summed E-state index contributed by atoms with van der Waals surface area (Å²) in [6.45, 7) is 4.00. The number of imidazole rings is 1. The average molecular weight is 426 g/mol. The predicted octanol–water partition coefficient (Wildman–Crippen LogP) is 3.78. The van der Waals surface area contributed by atoms with Crippen LogP contribution in [-0.4, -0.2) is 36.2 Å². The minimum absolute atomic E-state index is 0.261. The standard InChI is InChI=1S/C24H22N6O2/c1-14-8-9-25-18(12-14)20-17(16-6-5-7-19(32-4)15(16)2)13-30-21(20)24(31)27-22(28-30)23-26-10-11-29(23)3/h5-13H,1-4H3,(H,27,28,31). The summed E-state index contributed by atoms with van der Waals surface area (Å²) in [5.74, 6) is 1.74. The van der Waals surface area contributed by atoms with E-state index in [1.54, 1.807) is 24.0 Å². The highest BCUT2D eigenvalue weighted by Crippen LogP contribution is 2.38. The Bertz CT molecular complexity index is 1530. The molecule has 32 heavy (non-hydrogen) atoms. The number of nitrogens with zero attached hydrogens (tertiary/aromatic N) is 5. The molecule has 5 rings (SSSR count). The maximum Gasteiger partial charge on any atom is 0.276 e. The molecule has 0 bridgehead atoms. The lowest BCUT2D eigenvalue weighted by atomic mass is 9.96. The lowest BCUT2D eigenvalue weighted by Gasteiger charge is -2.11. The number of fused-ring (bicyclic) bond motifs is 1. The molecule has 5 aromatic rings. The van der Waals surface area contributed by atoms with Gasteiger partial charge in [-0.15, -0.1) is 5.10 Å². The Hall–Kier alpha value is -4.20. The fourth-order valence-electron chi connectivity index (χ4n) is 4.05. The Morgan fingerprint density at radius 2 is 1.91 bits per heavy atom. The fourth-order valence-corrected chi connectivity index (χ4v) is 4.05. The number of H-pyrrole nitrogens is 1. The van der Waals surface area contributed by atoms with Crippen LogP contribution in [0, 0.1) is 13.8 Å². The van der Waals surface area contributed by atoms with Crippen molar-refractivity contribution in [3.8, 4) is 39.8 Å². The number of nitrogens with one attached hydrogen (secondary N) is 1. The van der Waals surface area contributed by atoms with Gasteiger partial charge in [0.15, 0.2) is 11.6 Å². The molecule has 1 aromatic carbocycles. The smallest absolute Gasteiger partial charge is 0.276 e. The highest BCUT2D eigenvalue weighted by molar-refractivity contribution is 5.94. The van der Waals surface area contributed by atoms with Gasteiger partial charge in [-0.3, -0.25) is 9.78 Å². The third-order valence-corrected chi connectivity index (χ3v) is 5.64. The monoisotopic (exact) mass is 426 g/mol. The molecule has 8 nitrogen and oxygen atoms in total. The summed E-state index contributed by atoms with van der Waals surface area (Å²) in [4.78, 5) is 25.1. The third-order valence-electron chi connectivity index (χ3n) is 5.64. The lowest BCUT2D eigenvalue weighted by Crippen LogP contribution is -2.15. The molecular formula is C24H22N6O2. The molecular weight excluding hydrogens is 404 g/mol. The Kier molecular flexibility index (Phi) is 4.62. The third kappa shape index (κ3) is 3.08. The van der Waals surface area contributed by atoms with Crippen LogP contribution < -0.4 is 10.3 Å². The van der Waals surface area contributed by atoms with Crippen molar-refractivity contribution in [1.82, 2.24) is 29.1 Å². The first kappa shape index (κ1) is 19.7. The summed E-state index contributed by atoms with van der Waals surface area (Å²) >= 11 is 0. The van der Waals surface area contributed by atoms with Crippen LogP contribution in [0.5, 0.6) is 5.75 Å². The van der Waals surface area contributed by atoms with Crippen LogP contribution in [0.3, 0.4) is 0 Å². The molecule has 0 aliphatic rings. The summed E-state index contributed by atoms with van der Waals surface area (Å²) in [7, 11) is 3.51. The van der Waals surface area contributed by atoms with Crippen LogP contribution in [-0.2, 0) is 7.05 Å². The second kappa shape index (κ2) is 7.49. The van der Waals surface area contributed by atoms with Gasteiger partial charge in [0.25, 0.3) is 5.56 Å². The zero-order valence-corrected chi connectivity index (χ0v) is 18.2. The zero-order chi connectivity index (χ0) is 22.4. The van der Waals surface area contributed by atoms with Gasteiger partial charge in [-0.25, -0.2) is 9.50 Å². The molecule has 0 fully saturated rings. The number of pyridine rings is 1. The average Bonchev–Trinajstić information content (AvgIpc) is 3.37. The second-order valence-corrected chi connectivity index (χ2v) is 7.73. The van der Waals surface area contributed by atoms with E-state index in [4.69, 9.17) is 4.74 Å². The maximum absolute atomic E-state index is 13.3. The van der Waals surface area contributed by atoms with Gasteiger partial charge in [-0.05, 0) is 48.7 Å². The number of methoxy groups -OCH3 is 1. The van der Waals surface area contributed by atoms with E-state index in [1.165, 1.54) is 0 Å². The second-order valence-electron chi connectivity index (χ2n) is 7.73. The normalized spacial score (nSPS) is 11.2. The summed E-state index contributed by atoms with van der Waals surface area (Å²) in [6.07, 6.45) is 7.10. The van der Waals surface area contributed by atoms with Crippen LogP contribution >= 0.6 is 0 Å². The van der Waals surface area contributed by atoms with Crippen molar-refractivity contribution < 1.29 is 4.74 Å². The van der Waals surface area contributed by atoms with E-state index in [2.05, 4.69) is 20.1 Å². The zero-order valence-electron chi connectivity index (χ0n) is 18.2. The number of hydrogen-bond donors (Lipinski definition) is 1. The number of rotatable bonds is 4. The topological polar surface area (TPSA) is 90.1 Å². The van der Waals surface area contributed by atoms with E-state index >= 15 is 0 Å². The maximum atomic E-state index is 13.3. The minimum Gasteiger partial charge on any atom is -0.496 e. The Morgan fingerprint density at radius 1 is 1.06 bits per heavy atom. The van der Waals surface area contributed by atoms with Crippen molar-refractivity contribution in [2.75, 3.05) is 7.11 Å². The van der Waals surface area contributed by atoms with Crippen LogP contribution in [0.25, 0.3) is 39.5 Å². The molecule has 0 radical (unpaired) electrons. The molecule has 4 aromatic heterocycles. The van der Waals surface area contributed by atoms with Crippen LogP contribution in [0.1, 0.15) is 11.1 Å². The predicted molar refractivity (Wildman–Crippen MR) is 123 cm³/mol. The number of ether oxygens (including phenoxy) is 1. The van der Waals surface area contributed by atoms with Gasteiger partial charge in [-0.1, -0.05) is 12.1 Å². The van der Waals surface area contributed by atoms with Crippen LogP contribution in [0.2, 0.25) is 0 Å². The Balaban J connectivity index is 1.87. The molecule has 0 amide bonds. The Labute approximate surface area is 184 Å². The lowest BCUT2D eigenvalue weighted by molar-refractivity contribution is 0.412. The molecule has 0 aliphatic carbocycles. The van der Waals surface area contributed by atoms with Gasteiger partial charge in [0.05, 0.1) is 12.8 Å². The van der Waals surface area contributed by atoms with E-state index < -0.39 is 0 Å². The number of aromatic nitrogens is 6. The first-order valence-electron chi connectivity index (χ1n) is 10.2. The van der Waals surface area contributed by atoms with E-state index in [-0.39, 0.29) is 5.56 Å². The molecule has 0 saturated heterocycles. The van der Waals surface area contributed by atoms with Crippen molar-refractivity contribution in [1.29, 1.82) is 0 Å². The van der Waals surface area contributed by atoms with Gasteiger partial charge in [0.2, 0.25) is 0 Å². The van der Waals surface area contributed by atoms with Gasteiger partial charge in [0.1, 0.15) is 11.3 Å². The summed E-state index contributed by atoms with van der Waals surface area (Å²) in [5, 5.41) is 4.69. The van der Waals surface area contributed by atoms with E-state index in [9.17, 15) is 4.79 Å². The Morgan fingerprint density at radius 3 is 2.62 bits per heavy atom. The van der Waals surface area contributed by atoms with Crippen molar-refractivity contribution in [2.24, 2.45) is 7.05 Å². The molecule has 4 heterocycles. The molecule has 0 spiro atoms. The summed E-state index contributed by atoms with van der Waals surface area (Å²) in [6, 6.07) is 9.78. The molecule has 0 saturated carbocycles. The first-order valence-corrected chi connectivity index (χ1v) is 10.2. The van der Waals surface area contributed by atoms with E-state index in [1.807, 2.05) is 68.2 Å². The molecule has 0 atom stereocenters. The number of aromatic amines is 1. The highest BCUT2D eigenvalue weighted by Gasteiger charge is 2.22. The van der Waals surface area contributed by atoms with Gasteiger partial charge >= 0.3 is 0 Å². The van der Waals surface area contributed by atoms with E-state index in [0.29, 0.717) is 22.9 Å². The van der Waals surface area contributed by atoms with Crippen LogP contribution in [0.4, 0.5) is 0 Å². The van der Waals surface area contributed by atoms with Crippen molar-refractivity contribution in [3.63, 3.8) is 0 Å². The summed E-state index contributed by atoms with van der Waals surface area (Å²) in [5.41, 5.74) is 5.44. The largest absolute Gasteiger partial charge is 0.496 e. The number of benzene rings is 1. The molecule has 160 valence electrons. The molecule has 0 aliphatic heterocycles. The van der Waals surface area contributed by atoms with Crippen molar-refractivity contribution >= 4 is 5.52 Å². The molecule has 1 N–H and O–H groups in total. The van der Waals surface area contributed by atoms with Crippen molar-refractivity contribution in [2.45, 2.75) is 13.8 Å². The van der Waals surface area contributed by atoms with Gasteiger partial charge < -0.3 is 14.3 Å². The van der Waals surface area contributed by atoms with Gasteiger partial charge in [-0.2, -0.15) is 0 Å². The quantitative estimate of drug-likeness (QED) is 0.472. The highest BCUT2D eigenvalue weighted by atomic mass is 16.5. The fraction of sp³-hybridized carbons (Fsp3) is 0.167. The first-order chi connectivity index (χ1) is 15.5. The summed E-state index contributed by atoms with van der Waals surface area (Å²) < 4.78 is 8.96. The van der Waals surface area contributed by atoms with Crippen molar-refractivity contribution in [3.05, 3.63) is 76.6 Å². The SMILES string of the molecule is COc1cccc(-c2cn3nc(-c4nccn4C)[nH]c(=O)c3c2-c2cc(C)ccn2)c1C. The number of aryl methyl sites for hydroxylation is 2. The van der Waals surface area contributed by atoms with Gasteiger partial charge in [0, 0.05) is 43.0 Å². The van der Waals surface area contributed by atoms with E-state index in [0.717, 1.165) is 33.6 Å². The molecule has 0 unspecified atom stereocenters. The minimum atomic E-state index is -0.261. The number of hydrogen-bond acceptors (Lipinski definition) is 5.